The first kappa shape index (κ1) is 12.6. The number of carbonyl (C=O) groups is 1. The van der Waals surface area contributed by atoms with Crippen molar-refractivity contribution >= 4 is 6.03 Å². The predicted molar refractivity (Wildman–Crippen MR) is 68.1 cm³/mol. The van der Waals surface area contributed by atoms with Crippen LogP contribution in [0.3, 0.4) is 0 Å². The summed E-state index contributed by atoms with van der Waals surface area (Å²) < 4.78 is 0. The van der Waals surface area contributed by atoms with E-state index in [4.69, 9.17) is 0 Å². The van der Waals surface area contributed by atoms with Crippen LogP contribution in [0.1, 0.15) is 6.92 Å². The van der Waals surface area contributed by atoms with Gasteiger partial charge in [-0.3, -0.25) is 9.80 Å². The molecule has 2 fully saturated rings. The number of piperazine rings is 1. The van der Waals surface area contributed by atoms with Gasteiger partial charge in [0.05, 0.1) is 0 Å². The molecule has 0 spiro atoms. The quantitative estimate of drug-likeness (QED) is 0.646. The molecule has 2 rings (SSSR count). The third-order valence-electron chi connectivity index (χ3n) is 4.09. The second kappa shape index (κ2) is 4.82. The van der Waals surface area contributed by atoms with Crippen LogP contribution < -0.4 is 0 Å². The van der Waals surface area contributed by atoms with E-state index >= 15 is 0 Å². The Bertz CT molecular complexity index is 294. The Morgan fingerprint density at radius 2 is 1.88 bits per heavy atom. The number of likely N-dealkylation sites (tertiary alicyclic amines) is 1. The summed E-state index contributed by atoms with van der Waals surface area (Å²) in [4.78, 5) is 20.6. The van der Waals surface area contributed by atoms with Gasteiger partial charge in [-0.2, -0.15) is 0 Å². The van der Waals surface area contributed by atoms with Crippen LogP contribution in [0, 0.1) is 0 Å². The molecule has 2 amide bonds. The highest BCUT2D eigenvalue weighted by Gasteiger charge is 2.42. The monoisotopic (exact) mass is 240 g/mol. The third kappa shape index (κ3) is 2.26. The van der Waals surface area contributed by atoms with E-state index in [1.807, 2.05) is 19.0 Å². The summed E-state index contributed by atoms with van der Waals surface area (Å²) in [5.41, 5.74) is 0. The maximum Gasteiger partial charge on any atom is 0.319 e. The maximum atomic E-state index is 12.0. The molecule has 2 heterocycles. The number of urea groups is 1. The van der Waals surface area contributed by atoms with E-state index in [9.17, 15) is 4.79 Å². The molecule has 2 unspecified atom stereocenters. The van der Waals surface area contributed by atoms with Crippen LogP contribution in [0.15, 0.2) is 0 Å². The molecule has 0 N–H and O–H groups in total. The largest absolute Gasteiger partial charge is 0.331 e. The van der Waals surface area contributed by atoms with Crippen molar-refractivity contribution in [3.8, 4) is 0 Å². The topological polar surface area (TPSA) is 30.0 Å². The summed E-state index contributed by atoms with van der Waals surface area (Å²) in [5, 5.41) is 0. The molecule has 0 saturated carbocycles. The number of hydrogen-bond acceptors (Lipinski definition) is 3. The minimum Gasteiger partial charge on any atom is -0.331 e. The first-order chi connectivity index (χ1) is 8.04. The molecule has 5 nitrogen and oxygen atoms in total. The normalized spacial score (nSPS) is 30.5. The van der Waals surface area contributed by atoms with Crippen LogP contribution in [0.2, 0.25) is 0 Å². The number of hydrogen-bond donors (Lipinski definition) is 0. The Labute approximate surface area is 104 Å². The molecular weight excluding hydrogens is 216 g/mol. The zero-order valence-corrected chi connectivity index (χ0v) is 11.4. The summed E-state index contributed by atoms with van der Waals surface area (Å²) in [5.74, 6) is 0. The van der Waals surface area contributed by atoms with Gasteiger partial charge in [0.1, 0.15) is 0 Å². The maximum absolute atomic E-state index is 12.0. The summed E-state index contributed by atoms with van der Waals surface area (Å²) >= 11 is 0. The molecule has 5 heteroatoms. The Hall–Kier alpha value is -0.810. The molecule has 0 aromatic heterocycles. The van der Waals surface area contributed by atoms with Crippen LogP contribution in [0.4, 0.5) is 4.79 Å². The van der Waals surface area contributed by atoms with Gasteiger partial charge in [0.2, 0.25) is 0 Å². The van der Waals surface area contributed by atoms with Gasteiger partial charge in [-0.1, -0.05) is 6.92 Å². The minimum absolute atomic E-state index is 0.142. The molecule has 0 aromatic rings. The molecule has 0 aromatic carbocycles. The summed E-state index contributed by atoms with van der Waals surface area (Å²) in [7, 11) is 5.82. The zero-order valence-electron chi connectivity index (χ0n) is 11.4. The number of amides is 2. The van der Waals surface area contributed by atoms with Crippen molar-refractivity contribution in [3.05, 3.63) is 0 Å². The second-order valence-electron chi connectivity index (χ2n) is 5.33. The molecular formula is C12H24N4O. The Kier molecular flexibility index (Phi) is 3.58. The predicted octanol–water partition coefficient (Wildman–Crippen LogP) is -0.0119. The van der Waals surface area contributed by atoms with E-state index in [0.29, 0.717) is 12.1 Å². The van der Waals surface area contributed by atoms with E-state index in [1.54, 1.807) is 4.90 Å². The van der Waals surface area contributed by atoms with Crippen LogP contribution in [-0.2, 0) is 0 Å². The smallest absolute Gasteiger partial charge is 0.319 e. The fraction of sp³-hybridized carbons (Fsp3) is 0.917. The van der Waals surface area contributed by atoms with Gasteiger partial charge in [-0.15, -0.1) is 0 Å². The van der Waals surface area contributed by atoms with E-state index in [1.165, 1.54) is 0 Å². The molecule has 0 aliphatic carbocycles. The number of likely N-dealkylation sites (N-methyl/N-ethyl adjacent to an activating group) is 2. The average Bonchev–Trinajstić information content (AvgIpc) is 2.74. The number of nitrogens with zero attached hydrogens (tertiary/aromatic N) is 4. The highest BCUT2D eigenvalue weighted by Crippen LogP contribution is 2.24. The van der Waals surface area contributed by atoms with Crippen LogP contribution in [0.25, 0.3) is 0 Å². The number of carbonyl (C=O) groups excluding carboxylic acids is 1. The molecule has 0 bridgehead atoms. The van der Waals surface area contributed by atoms with Crippen LogP contribution in [-0.4, -0.2) is 91.6 Å². The fourth-order valence-electron chi connectivity index (χ4n) is 3.01. The lowest BCUT2D eigenvalue weighted by Crippen LogP contribution is -2.57. The first-order valence-corrected chi connectivity index (χ1v) is 6.45. The third-order valence-corrected chi connectivity index (χ3v) is 4.09. The van der Waals surface area contributed by atoms with E-state index < -0.39 is 0 Å². The summed E-state index contributed by atoms with van der Waals surface area (Å²) in [6.07, 6.45) is 0. The van der Waals surface area contributed by atoms with Gasteiger partial charge in [0.15, 0.2) is 0 Å². The molecule has 2 atom stereocenters. The van der Waals surface area contributed by atoms with Gasteiger partial charge < -0.3 is 9.80 Å². The molecule has 0 radical (unpaired) electrons. The molecule has 2 saturated heterocycles. The van der Waals surface area contributed by atoms with E-state index in [-0.39, 0.29) is 6.03 Å². The fourth-order valence-corrected chi connectivity index (χ4v) is 3.01. The average molecular weight is 240 g/mol. The minimum atomic E-state index is 0.142. The molecule has 98 valence electrons. The highest BCUT2D eigenvalue weighted by molar-refractivity contribution is 5.74. The van der Waals surface area contributed by atoms with Gasteiger partial charge in [-0.05, 0) is 13.6 Å². The van der Waals surface area contributed by atoms with Gasteiger partial charge >= 0.3 is 6.03 Å². The summed E-state index contributed by atoms with van der Waals surface area (Å²) in [6.45, 7) is 7.27. The van der Waals surface area contributed by atoms with Crippen molar-refractivity contribution in [2.45, 2.75) is 19.0 Å². The van der Waals surface area contributed by atoms with Crippen molar-refractivity contribution in [2.24, 2.45) is 0 Å². The number of fused-ring (bicyclic) bond motifs is 1. The SMILES string of the molecule is CCN1CCN(C)C2CN(C(=O)N(C)C)CC21. The van der Waals surface area contributed by atoms with Crippen LogP contribution in [0.5, 0.6) is 0 Å². The van der Waals surface area contributed by atoms with E-state index in [2.05, 4.69) is 23.8 Å². The molecule has 2 aliphatic heterocycles. The zero-order chi connectivity index (χ0) is 12.6. The highest BCUT2D eigenvalue weighted by atomic mass is 16.2. The van der Waals surface area contributed by atoms with Gasteiger partial charge in [-0.25, -0.2) is 4.79 Å². The van der Waals surface area contributed by atoms with Crippen molar-refractivity contribution < 1.29 is 4.79 Å². The van der Waals surface area contributed by atoms with Crippen molar-refractivity contribution in [1.29, 1.82) is 0 Å². The van der Waals surface area contributed by atoms with Crippen molar-refractivity contribution in [3.63, 3.8) is 0 Å². The van der Waals surface area contributed by atoms with E-state index in [0.717, 1.165) is 32.7 Å². The standard InChI is InChI=1S/C12H24N4O/c1-5-15-7-6-14(4)10-8-16(9-11(10)15)12(17)13(2)3/h10-11H,5-9H2,1-4H3. The Morgan fingerprint density at radius 1 is 1.24 bits per heavy atom. The van der Waals surface area contributed by atoms with Gasteiger partial charge in [0, 0.05) is 52.4 Å². The first-order valence-electron chi connectivity index (χ1n) is 6.45. The Balaban J connectivity index is 2.08. The summed E-state index contributed by atoms with van der Waals surface area (Å²) in [6, 6.07) is 1.17. The van der Waals surface area contributed by atoms with Gasteiger partial charge in [0.25, 0.3) is 0 Å². The van der Waals surface area contributed by atoms with Crippen molar-refractivity contribution in [1.82, 2.24) is 19.6 Å². The Morgan fingerprint density at radius 3 is 2.47 bits per heavy atom. The molecule has 17 heavy (non-hydrogen) atoms. The lowest BCUT2D eigenvalue weighted by Gasteiger charge is -2.41. The van der Waals surface area contributed by atoms with Crippen molar-refractivity contribution in [2.75, 3.05) is 53.9 Å². The van der Waals surface area contributed by atoms with Crippen LogP contribution >= 0.6 is 0 Å². The second-order valence-corrected chi connectivity index (χ2v) is 5.33. The lowest BCUT2D eigenvalue weighted by atomic mass is 10.1. The molecule has 2 aliphatic rings. The number of rotatable bonds is 1. The lowest BCUT2D eigenvalue weighted by molar-refractivity contribution is 0.0671.